The summed E-state index contributed by atoms with van der Waals surface area (Å²) in [5.74, 6) is -0.251. The first-order valence-electron chi connectivity index (χ1n) is 7.70. The maximum atomic E-state index is 12.2. The molecule has 1 aliphatic heterocycles. The van der Waals surface area contributed by atoms with Crippen LogP contribution in [-0.4, -0.2) is 41.1 Å². The van der Waals surface area contributed by atoms with Gasteiger partial charge in [0.05, 0.1) is 18.1 Å². The number of carbonyl (C=O) groups is 2. The van der Waals surface area contributed by atoms with E-state index in [2.05, 4.69) is 5.32 Å². The van der Waals surface area contributed by atoms with E-state index in [-0.39, 0.29) is 11.8 Å². The minimum Gasteiger partial charge on any atom is -0.458 e. The van der Waals surface area contributed by atoms with Gasteiger partial charge in [-0.25, -0.2) is 0 Å². The zero-order valence-electron chi connectivity index (χ0n) is 12.4. The maximum absolute atomic E-state index is 12.2. The molecule has 0 spiro atoms. The molecule has 0 unspecified atom stereocenters. The van der Waals surface area contributed by atoms with Crippen LogP contribution in [0.4, 0.5) is 0 Å². The first-order chi connectivity index (χ1) is 10.0. The molecule has 0 aromatic carbocycles. The first-order valence-corrected chi connectivity index (χ1v) is 8.24. The summed E-state index contributed by atoms with van der Waals surface area (Å²) in [6.45, 7) is 2.08. The molecule has 2 fully saturated rings. The quantitative estimate of drug-likeness (QED) is 0.576. The number of hydrogen-bond acceptors (Lipinski definition) is 4. The number of halogens is 1. The highest BCUT2D eigenvalue weighted by atomic mass is 35.5. The van der Waals surface area contributed by atoms with Crippen LogP contribution in [0.5, 0.6) is 0 Å². The number of ether oxygens (including phenoxy) is 1. The van der Waals surface area contributed by atoms with Gasteiger partial charge >= 0.3 is 0 Å². The fourth-order valence-corrected chi connectivity index (χ4v) is 4.05. The standard InChI is InChI=1S/C15H24ClNO4/c1-15(21-9-18)11(7-8-16)14(20)17-13(15)12(19)10-5-3-2-4-6-10/h9-13,19H,2-8H2,1H3,(H,17,20)/t11-,12-,13+,15-/m0/s1. The second kappa shape index (κ2) is 6.97. The van der Waals surface area contributed by atoms with E-state index in [4.69, 9.17) is 16.3 Å². The molecule has 0 aromatic heterocycles. The van der Waals surface area contributed by atoms with Gasteiger partial charge < -0.3 is 15.2 Å². The molecule has 21 heavy (non-hydrogen) atoms. The molecule has 1 amide bonds. The summed E-state index contributed by atoms with van der Waals surface area (Å²) < 4.78 is 5.27. The van der Waals surface area contributed by atoms with Gasteiger partial charge in [0.25, 0.3) is 6.47 Å². The Hall–Kier alpha value is -0.810. The van der Waals surface area contributed by atoms with Gasteiger partial charge in [-0.05, 0) is 32.1 Å². The van der Waals surface area contributed by atoms with Crippen molar-refractivity contribution in [2.45, 2.75) is 63.2 Å². The lowest BCUT2D eigenvalue weighted by Crippen LogP contribution is -2.54. The van der Waals surface area contributed by atoms with Crippen LogP contribution in [0.2, 0.25) is 0 Å². The summed E-state index contributed by atoms with van der Waals surface area (Å²) in [5.41, 5.74) is -1.04. The van der Waals surface area contributed by atoms with Crippen molar-refractivity contribution < 1.29 is 19.4 Å². The Labute approximate surface area is 130 Å². The van der Waals surface area contributed by atoms with E-state index in [0.29, 0.717) is 18.8 Å². The molecule has 0 bridgehead atoms. The van der Waals surface area contributed by atoms with Crippen LogP contribution < -0.4 is 5.32 Å². The normalized spacial score (nSPS) is 35.3. The molecule has 1 aliphatic carbocycles. The summed E-state index contributed by atoms with van der Waals surface area (Å²) in [7, 11) is 0. The van der Waals surface area contributed by atoms with Gasteiger partial charge in [-0.3, -0.25) is 9.59 Å². The van der Waals surface area contributed by atoms with Gasteiger partial charge in [0, 0.05) is 5.88 Å². The minimum absolute atomic E-state index is 0.147. The van der Waals surface area contributed by atoms with Crippen LogP contribution in [0.1, 0.15) is 45.4 Å². The smallest absolute Gasteiger partial charge is 0.293 e. The van der Waals surface area contributed by atoms with Crippen molar-refractivity contribution >= 4 is 24.0 Å². The Bertz CT molecular complexity index is 386. The summed E-state index contributed by atoms with van der Waals surface area (Å²) in [4.78, 5) is 23.1. The number of aliphatic hydroxyl groups excluding tert-OH is 1. The number of amides is 1. The zero-order valence-corrected chi connectivity index (χ0v) is 13.1. The van der Waals surface area contributed by atoms with Gasteiger partial charge in [-0.15, -0.1) is 11.6 Å². The molecule has 2 rings (SSSR count). The molecule has 1 heterocycles. The molecule has 0 radical (unpaired) electrons. The summed E-state index contributed by atoms with van der Waals surface area (Å²) >= 11 is 5.76. The van der Waals surface area contributed by atoms with Crippen LogP contribution >= 0.6 is 11.6 Å². The number of rotatable bonds is 6. The van der Waals surface area contributed by atoms with E-state index < -0.39 is 23.7 Å². The minimum atomic E-state index is -1.04. The average Bonchev–Trinajstić information content (AvgIpc) is 2.73. The largest absolute Gasteiger partial charge is 0.458 e. The van der Waals surface area contributed by atoms with Gasteiger partial charge in [0.2, 0.25) is 5.91 Å². The highest BCUT2D eigenvalue weighted by Crippen LogP contribution is 2.39. The fourth-order valence-electron chi connectivity index (χ4n) is 3.83. The molecule has 0 aromatic rings. The molecule has 6 heteroatoms. The van der Waals surface area contributed by atoms with Gasteiger partial charge in [-0.1, -0.05) is 19.3 Å². The van der Waals surface area contributed by atoms with E-state index in [1.165, 1.54) is 6.42 Å². The third kappa shape index (κ3) is 3.19. The second-order valence-corrected chi connectivity index (χ2v) is 6.68. The number of aliphatic hydroxyl groups is 1. The van der Waals surface area contributed by atoms with Crippen molar-refractivity contribution in [2.24, 2.45) is 11.8 Å². The fraction of sp³-hybridized carbons (Fsp3) is 0.867. The van der Waals surface area contributed by atoms with Crippen molar-refractivity contribution in [3.05, 3.63) is 0 Å². The first kappa shape index (κ1) is 16.6. The summed E-state index contributed by atoms with van der Waals surface area (Å²) in [6, 6.07) is -0.563. The summed E-state index contributed by atoms with van der Waals surface area (Å²) in [6.07, 6.45) is 5.01. The Kier molecular flexibility index (Phi) is 5.49. The molecule has 2 N–H and O–H groups in total. The molecule has 1 saturated heterocycles. The maximum Gasteiger partial charge on any atom is 0.293 e. The summed E-state index contributed by atoms with van der Waals surface area (Å²) in [5, 5.41) is 13.5. The second-order valence-electron chi connectivity index (χ2n) is 6.30. The van der Waals surface area contributed by atoms with Crippen molar-refractivity contribution in [3.63, 3.8) is 0 Å². The van der Waals surface area contributed by atoms with E-state index in [0.717, 1.165) is 25.7 Å². The van der Waals surface area contributed by atoms with Crippen LogP contribution in [-0.2, 0) is 14.3 Å². The lowest BCUT2D eigenvalue weighted by Gasteiger charge is -2.38. The third-order valence-corrected chi connectivity index (χ3v) is 5.32. The Morgan fingerprint density at radius 3 is 2.71 bits per heavy atom. The topological polar surface area (TPSA) is 75.6 Å². The zero-order chi connectivity index (χ0) is 15.5. The monoisotopic (exact) mass is 317 g/mol. The van der Waals surface area contributed by atoms with E-state index in [9.17, 15) is 14.7 Å². The lowest BCUT2D eigenvalue weighted by atomic mass is 9.76. The predicted molar refractivity (Wildman–Crippen MR) is 78.9 cm³/mol. The molecule has 4 atom stereocenters. The molecule has 2 aliphatic rings. The van der Waals surface area contributed by atoms with Crippen molar-refractivity contribution in [1.29, 1.82) is 0 Å². The third-order valence-electron chi connectivity index (χ3n) is 5.10. The number of hydrogen-bond donors (Lipinski definition) is 2. The van der Waals surface area contributed by atoms with Crippen molar-refractivity contribution in [1.82, 2.24) is 5.32 Å². The number of alkyl halides is 1. The van der Waals surface area contributed by atoms with Crippen LogP contribution in [0.3, 0.4) is 0 Å². The number of carbonyl (C=O) groups excluding carboxylic acids is 2. The Morgan fingerprint density at radius 2 is 2.14 bits per heavy atom. The van der Waals surface area contributed by atoms with E-state index >= 15 is 0 Å². The van der Waals surface area contributed by atoms with Gasteiger partial charge in [0.1, 0.15) is 5.60 Å². The molecule has 120 valence electrons. The lowest BCUT2D eigenvalue weighted by molar-refractivity contribution is -0.153. The van der Waals surface area contributed by atoms with Crippen LogP contribution in [0, 0.1) is 11.8 Å². The molecular formula is C15H24ClNO4. The molecular weight excluding hydrogens is 294 g/mol. The van der Waals surface area contributed by atoms with Gasteiger partial charge in [-0.2, -0.15) is 0 Å². The number of nitrogens with one attached hydrogen (secondary N) is 1. The molecule has 5 nitrogen and oxygen atoms in total. The van der Waals surface area contributed by atoms with Crippen molar-refractivity contribution in [3.8, 4) is 0 Å². The van der Waals surface area contributed by atoms with Gasteiger partial charge in [0.15, 0.2) is 0 Å². The van der Waals surface area contributed by atoms with Crippen LogP contribution in [0.15, 0.2) is 0 Å². The highest BCUT2D eigenvalue weighted by Gasteiger charge is 2.57. The molecule has 1 saturated carbocycles. The highest BCUT2D eigenvalue weighted by molar-refractivity contribution is 6.18. The van der Waals surface area contributed by atoms with Crippen molar-refractivity contribution in [2.75, 3.05) is 5.88 Å². The van der Waals surface area contributed by atoms with E-state index in [1.807, 2.05) is 0 Å². The van der Waals surface area contributed by atoms with Crippen LogP contribution in [0.25, 0.3) is 0 Å². The SMILES string of the molecule is C[C@@]1(OC=O)[C@@H]([C@@H](O)C2CCCCC2)NC(=O)[C@@H]1CCCl. The predicted octanol–water partition coefficient (Wildman–Crippen LogP) is 1.60. The average molecular weight is 318 g/mol. The Morgan fingerprint density at radius 1 is 1.48 bits per heavy atom. The van der Waals surface area contributed by atoms with E-state index in [1.54, 1.807) is 6.92 Å². The Balaban J connectivity index is 2.19.